The fraction of sp³-hybridized carbons (Fsp3) is 0.609. The number of nitrogens with zero attached hydrogens (tertiary/aromatic N) is 6. The molecule has 0 saturated heterocycles. The topological polar surface area (TPSA) is 383 Å². The largest absolute Gasteiger partial charge is 0.481 e. The molecule has 4 aromatic heterocycles. The average Bonchev–Trinajstić information content (AvgIpc) is 1.64. The molecule has 0 aliphatic heterocycles. The fourth-order valence-corrected chi connectivity index (χ4v) is 17.7. The third-order valence-corrected chi connectivity index (χ3v) is 27.0. The number of hydrogen-bond donors (Lipinski definition) is 5. The van der Waals surface area contributed by atoms with E-state index in [4.69, 9.17) is 42.4 Å². The molecule has 5 aromatic rings. The summed E-state index contributed by atoms with van der Waals surface area (Å²) < 4.78 is 20.2. The van der Waals surface area contributed by atoms with Gasteiger partial charge in [-0.05, 0) is 280 Å². The van der Waals surface area contributed by atoms with Gasteiger partial charge in [-0.25, -0.2) is 19.2 Å². The van der Waals surface area contributed by atoms with Crippen molar-refractivity contribution in [2.45, 2.75) is 272 Å². The molecule has 145 heavy (non-hydrogen) atoms. The van der Waals surface area contributed by atoms with Crippen molar-refractivity contribution in [3.05, 3.63) is 115 Å². The highest BCUT2D eigenvalue weighted by Crippen LogP contribution is 2.39. The van der Waals surface area contributed by atoms with Gasteiger partial charge in [-0.1, -0.05) is 133 Å². The Morgan fingerprint density at radius 1 is 0.455 bits per heavy atom. The summed E-state index contributed by atoms with van der Waals surface area (Å²) in [4.78, 5) is 167. The maximum Gasteiger partial charge on any atom is 0.349 e. The lowest BCUT2D eigenvalue weighted by molar-refractivity contribution is -0.152. The number of anilines is 1. The highest BCUT2D eigenvalue weighted by Gasteiger charge is 2.40. The monoisotopic (exact) mass is 2200 g/mol. The zero-order valence-corrected chi connectivity index (χ0v) is 99.1. The van der Waals surface area contributed by atoms with Crippen LogP contribution >= 0.6 is 85.3 Å². The van der Waals surface area contributed by atoms with Gasteiger partial charge in [-0.3, -0.25) is 48.1 Å². The lowest BCUT2D eigenvalue weighted by Gasteiger charge is -2.36. The van der Waals surface area contributed by atoms with Gasteiger partial charge >= 0.3 is 35.8 Å². The van der Waals surface area contributed by atoms with E-state index in [0.29, 0.717) is 64.0 Å². The summed E-state index contributed by atoms with van der Waals surface area (Å²) in [6.07, 6.45) is 12.4. The zero-order chi connectivity index (χ0) is 111. The number of carbonyl (C=O) groups is 13. The van der Waals surface area contributed by atoms with Gasteiger partial charge in [0, 0.05) is 120 Å². The molecule has 2 aliphatic carbocycles. The molecule has 4 heterocycles. The van der Waals surface area contributed by atoms with E-state index in [0.717, 1.165) is 104 Å². The van der Waals surface area contributed by atoms with E-state index in [9.17, 15) is 67.4 Å². The Hall–Kier alpha value is -9.49. The van der Waals surface area contributed by atoms with Crippen molar-refractivity contribution in [1.29, 1.82) is 0 Å². The summed E-state index contributed by atoms with van der Waals surface area (Å²) in [7, 11) is 25.0. The smallest absolute Gasteiger partial charge is 0.349 e. The van der Waals surface area contributed by atoms with Gasteiger partial charge in [0.2, 0.25) is 40.7 Å². The van der Waals surface area contributed by atoms with Crippen LogP contribution < -0.4 is 21.7 Å². The van der Waals surface area contributed by atoms with Gasteiger partial charge in [0.25, 0.3) is 0 Å². The molecule has 0 bridgehead atoms. The number of methoxy groups -OCH3 is 3. The first-order valence-corrected chi connectivity index (χ1v) is 53.1. The number of esters is 4. The molecule has 2 saturated carbocycles. The second-order valence-corrected chi connectivity index (χ2v) is 45.7. The Morgan fingerprint density at radius 3 is 1.06 bits per heavy atom. The van der Waals surface area contributed by atoms with Crippen LogP contribution in [0.4, 0.5) is 5.69 Å². The number of aromatic carboxylic acids is 1. The molecule has 7 rings (SSSR count). The third-order valence-electron chi connectivity index (χ3n) is 21.6. The summed E-state index contributed by atoms with van der Waals surface area (Å²) in [5, 5.41) is 21.3. The molecule has 7 N–H and O–H groups in total. The molecule has 28 nitrogen and oxygen atoms in total. The summed E-state index contributed by atoms with van der Waals surface area (Å²) in [5.74, 6) is 21.5. The van der Waals surface area contributed by atoms with Crippen molar-refractivity contribution in [2.75, 3.05) is 111 Å². The van der Waals surface area contributed by atoms with E-state index < -0.39 is 29.9 Å². The number of aliphatic carboxylic acids is 1. The summed E-state index contributed by atoms with van der Waals surface area (Å²) in [6.45, 7) is 40.3. The standard InChI is InChI=1S/C25H36N2O4S.2C19H27NO3S.C13H16O4.C12H13BrO2S.C8H13ClO.2C6H14N2O.C2H7N.ClH/c1-8-19(23(29)26(6)7)27(22(28)17-11-9-16(2)10-12-17)20-15-18(13-14-25(3,4)5)32-21(20)24(30)31;2*1-8-13(17(21)20(5)6)11-14-12-15(9-10-19(2,3)4)24-16(14)18(22)23-7;1-2-11(13(15)16)8-12(14)17-9-10-6-4-3-5-7-10;1-12(2,3)6-5-8-7-9(13)10(16-8)11(14)15-4;1-6-2-4-7(5-3-6)8(9)10;2*1-4-5(7)6(9)8(2)3;1-3-2;/h15-17,19H,8-12H2,1-7H3,(H,30,31);2*12-13H,8,11H2,1-7H3;3-7,11H,2,8-9H2,1H3,(H,15,16);7H,1-4H3;6-7H,2-5H2,1H3;2*5H,4,7H2,1-3H3;3H,1-2H3;1H/t16?,17?,19-;2*13-;11-;;;2*5-;;/m0111..00../s1. The molecule has 2 fully saturated rings. The number of halogens is 3. The second kappa shape index (κ2) is 70.4. The normalized spacial score (nSPS) is 14.9. The number of nitrogens with one attached hydrogen (secondary N) is 1. The lowest BCUT2D eigenvalue weighted by atomic mass is 9.82. The van der Waals surface area contributed by atoms with Crippen molar-refractivity contribution < 1.29 is 91.5 Å². The van der Waals surface area contributed by atoms with E-state index in [1.807, 2.05) is 180 Å². The maximum atomic E-state index is 13.8. The van der Waals surface area contributed by atoms with E-state index in [2.05, 4.69) is 87.2 Å². The number of amides is 6. The number of likely N-dealkylation sites (N-methyl/N-ethyl adjacent to an activating group) is 3. The van der Waals surface area contributed by atoms with E-state index in [-0.39, 0.29) is 152 Å². The van der Waals surface area contributed by atoms with Crippen LogP contribution in [0.2, 0.25) is 0 Å². The molecular weight excluding hydrogens is 2030 g/mol. The third kappa shape index (κ3) is 55.9. The minimum atomic E-state index is -1.11. The highest BCUT2D eigenvalue weighted by atomic mass is 79.9. The summed E-state index contributed by atoms with van der Waals surface area (Å²) >= 11 is 13.7. The van der Waals surface area contributed by atoms with Crippen LogP contribution in [0.5, 0.6) is 0 Å². The van der Waals surface area contributed by atoms with Crippen LogP contribution in [0.3, 0.4) is 0 Å². The number of hydrogen-bond acceptors (Lipinski definition) is 24. The van der Waals surface area contributed by atoms with Crippen molar-refractivity contribution in [3.63, 3.8) is 0 Å². The number of thiophene rings is 4. The molecule has 0 radical (unpaired) electrons. The molecule has 2 aliphatic rings. The maximum absolute atomic E-state index is 13.8. The van der Waals surface area contributed by atoms with Gasteiger partial charge in [-0.2, -0.15) is 0 Å². The van der Waals surface area contributed by atoms with Crippen LogP contribution in [0, 0.1) is 110 Å². The Labute approximate surface area is 902 Å². The number of carboxylic acids is 2. The van der Waals surface area contributed by atoms with Crippen molar-refractivity contribution in [3.8, 4) is 47.4 Å². The predicted molar refractivity (Wildman–Crippen MR) is 595 cm³/mol. The van der Waals surface area contributed by atoms with Crippen LogP contribution in [0.15, 0.2) is 59.1 Å². The first-order chi connectivity index (χ1) is 66.8. The number of carboxylic acid groups (broad SMARTS) is 2. The van der Waals surface area contributed by atoms with Gasteiger partial charge in [0.1, 0.15) is 32.2 Å². The van der Waals surface area contributed by atoms with E-state index in [1.165, 1.54) is 87.8 Å². The molecular formula is C110H168BrCl2N9O19S4. The van der Waals surface area contributed by atoms with Crippen molar-refractivity contribution >= 4 is 167 Å². The Balaban J connectivity index is -0.00000163. The first kappa shape index (κ1) is 140. The second-order valence-electron chi connectivity index (χ2n) is 40.3. The minimum absolute atomic E-state index is 0. The van der Waals surface area contributed by atoms with Crippen LogP contribution in [0.1, 0.15) is 310 Å². The fourth-order valence-electron chi connectivity index (χ4n) is 13.1. The quantitative estimate of drug-likeness (QED) is 0.0134. The Kier molecular flexibility index (Phi) is 67.8. The predicted octanol–water partition coefficient (Wildman–Crippen LogP) is 20.4. The molecule has 35 heteroatoms. The zero-order valence-electron chi connectivity index (χ0n) is 92.7. The molecule has 1 aromatic carbocycles. The van der Waals surface area contributed by atoms with E-state index in [1.54, 1.807) is 93.3 Å². The number of nitrogens with two attached hydrogens (primary N) is 2. The Morgan fingerprint density at radius 2 is 0.772 bits per heavy atom. The summed E-state index contributed by atoms with van der Waals surface area (Å²) in [5.41, 5.74) is 13.2. The molecule has 0 spiro atoms. The number of carbonyl (C=O) groups excluding carboxylic acids is 11. The van der Waals surface area contributed by atoms with Gasteiger partial charge < -0.3 is 70.4 Å². The highest BCUT2D eigenvalue weighted by molar-refractivity contribution is 9.10. The molecule has 6 amide bonds. The van der Waals surface area contributed by atoms with Crippen LogP contribution in [-0.4, -0.2) is 235 Å². The molecule has 812 valence electrons. The van der Waals surface area contributed by atoms with Crippen molar-refractivity contribution in [2.24, 2.45) is 74.6 Å². The first-order valence-electron chi connectivity index (χ1n) is 48.7. The van der Waals surface area contributed by atoms with Gasteiger partial charge in [0.15, 0.2) is 0 Å². The summed E-state index contributed by atoms with van der Waals surface area (Å²) in [6, 6.07) is 15.2. The number of ether oxygens (including phenoxy) is 4. The Bertz CT molecular complexity index is 5020. The lowest BCUT2D eigenvalue weighted by Crippen LogP contribution is -2.51. The van der Waals surface area contributed by atoms with Crippen LogP contribution in [0.25, 0.3) is 0 Å². The number of benzene rings is 1. The number of rotatable bonds is 28. The van der Waals surface area contributed by atoms with Crippen molar-refractivity contribution in [1.82, 2.24) is 29.8 Å². The minimum Gasteiger partial charge on any atom is -0.481 e. The molecule has 0 unspecified atom stereocenters. The SMILES string of the molecule is CC1CCC(C(=O)Cl)CC1.CC[C@@H](C(=O)N(C)C)N(C(=O)C1CCC(C)CC1)c1cc(C#CC(C)(C)C)sc1C(=O)O.CC[C@H](CC(=O)OCc1ccccc1)C(=O)O.CC[C@H](Cc1cc(C#CC(C)(C)C)sc1C(=O)OC)C(=O)N(C)C.CC[C@H](Cc1cc(C#CC(C)(C)C)sc1C(=O)OC)C(=O)N(C)C.CC[C@H](N)C(=O)N(C)C.CC[C@H](N)C(=O)N(C)C.CNC.COC(=O)c1sc(C#CC(C)(C)C)cc1Br.Cl. The molecule has 6 atom stereocenters. The van der Waals surface area contributed by atoms with Gasteiger partial charge in [0.05, 0.1) is 70.9 Å². The van der Waals surface area contributed by atoms with Crippen LogP contribution in [-0.2, 0) is 81.5 Å². The van der Waals surface area contributed by atoms with E-state index >= 15 is 0 Å². The van der Waals surface area contributed by atoms with Gasteiger partial charge in [-0.15, -0.1) is 57.8 Å². The average molecular weight is 2200 g/mol.